The molecule has 6 heteroatoms. The van der Waals surface area contributed by atoms with Crippen molar-refractivity contribution >= 4 is 11.9 Å². The number of nitrogens with one attached hydrogen (secondary N) is 1. The minimum absolute atomic E-state index is 0.0279. The number of allylic oxidation sites excluding steroid dienone is 2. The largest absolute Gasteiger partial charge is 0.455 e. The van der Waals surface area contributed by atoms with Crippen LogP contribution < -0.4 is 5.32 Å². The van der Waals surface area contributed by atoms with Gasteiger partial charge in [0.15, 0.2) is 0 Å². The van der Waals surface area contributed by atoms with E-state index in [-0.39, 0.29) is 6.42 Å². The SMILES string of the molecule is CCC[C@@](O)(OC(=O)[C@H]1C=CC=CN1)C(=O)OC(C)(C)C. The molecule has 1 aliphatic heterocycles. The number of carbonyl (C=O) groups is 2. The molecule has 0 bridgehead atoms. The summed E-state index contributed by atoms with van der Waals surface area (Å²) in [6, 6.07) is -0.735. The number of hydrogen-bond acceptors (Lipinski definition) is 6. The number of aliphatic hydroxyl groups is 1. The first-order valence-electron chi connectivity index (χ1n) is 6.96. The number of rotatable bonds is 5. The third-order valence-electron chi connectivity index (χ3n) is 2.62. The van der Waals surface area contributed by atoms with Crippen LogP contribution in [0.1, 0.15) is 40.5 Å². The van der Waals surface area contributed by atoms with Gasteiger partial charge in [-0.2, -0.15) is 0 Å². The summed E-state index contributed by atoms with van der Waals surface area (Å²) in [6.45, 7) is 6.80. The van der Waals surface area contributed by atoms with E-state index in [2.05, 4.69) is 5.32 Å². The molecule has 0 spiro atoms. The molecule has 0 unspecified atom stereocenters. The predicted octanol–water partition coefficient (Wildman–Crippen LogP) is 1.40. The maximum absolute atomic E-state index is 12.1. The highest BCUT2D eigenvalue weighted by Crippen LogP contribution is 2.22. The normalized spacial score (nSPS) is 20.3. The minimum Gasteiger partial charge on any atom is -0.455 e. The molecule has 2 N–H and O–H groups in total. The van der Waals surface area contributed by atoms with Crippen molar-refractivity contribution in [3.63, 3.8) is 0 Å². The fourth-order valence-corrected chi connectivity index (χ4v) is 1.71. The van der Waals surface area contributed by atoms with Gasteiger partial charge >= 0.3 is 17.7 Å². The van der Waals surface area contributed by atoms with E-state index >= 15 is 0 Å². The quantitative estimate of drug-likeness (QED) is 0.589. The highest BCUT2D eigenvalue weighted by atomic mass is 16.7. The Morgan fingerprint density at radius 3 is 2.38 bits per heavy atom. The molecule has 1 rings (SSSR count). The van der Waals surface area contributed by atoms with Gasteiger partial charge in [-0.3, -0.25) is 0 Å². The molecular formula is C15H23NO5. The molecule has 0 saturated carbocycles. The first-order chi connectivity index (χ1) is 9.68. The molecule has 21 heavy (non-hydrogen) atoms. The highest BCUT2D eigenvalue weighted by Gasteiger charge is 2.44. The fraction of sp³-hybridized carbons (Fsp3) is 0.600. The average molecular weight is 297 g/mol. The second-order valence-electron chi connectivity index (χ2n) is 5.85. The van der Waals surface area contributed by atoms with Crippen molar-refractivity contribution in [3.8, 4) is 0 Å². The smallest absolute Gasteiger partial charge is 0.380 e. The standard InChI is InChI=1S/C15H23NO5/c1-5-9-15(19,13(18)21-14(2,3)4)20-12(17)11-8-6-7-10-16-11/h6-8,10-11,16,19H,5,9H2,1-4H3/t11-,15-/m1/s1. The van der Waals surface area contributed by atoms with Gasteiger partial charge in [0.25, 0.3) is 0 Å². The Kier molecular flexibility index (Phi) is 5.54. The van der Waals surface area contributed by atoms with E-state index in [1.54, 1.807) is 52.1 Å². The van der Waals surface area contributed by atoms with Crippen LogP contribution in [0.15, 0.2) is 24.4 Å². The molecule has 1 heterocycles. The molecule has 118 valence electrons. The van der Waals surface area contributed by atoms with Crippen LogP contribution in [0.4, 0.5) is 0 Å². The van der Waals surface area contributed by atoms with E-state index in [0.717, 1.165) is 0 Å². The van der Waals surface area contributed by atoms with Gasteiger partial charge in [-0.05, 0) is 39.5 Å². The van der Waals surface area contributed by atoms with E-state index in [1.165, 1.54) is 0 Å². The molecule has 0 aromatic carbocycles. The van der Waals surface area contributed by atoms with E-state index in [4.69, 9.17) is 9.47 Å². The van der Waals surface area contributed by atoms with Crippen LogP contribution in [0.5, 0.6) is 0 Å². The molecule has 0 amide bonds. The van der Waals surface area contributed by atoms with Gasteiger partial charge in [-0.1, -0.05) is 19.1 Å². The van der Waals surface area contributed by atoms with Crippen LogP contribution >= 0.6 is 0 Å². The van der Waals surface area contributed by atoms with Gasteiger partial charge in [0.2, 0.25) is 0 Å². The van der Waals surface area contributed by atoms with Crippen molar-refractivity contribution in [1.82, 2.24) is 5.32 Å². The van der Waals surface area contributed by atoms with Crippen molar-refractivity contribution in [2.75, 3.05) is 0 Å². The molecular weight excluding hydrogens is 274 g/mol. The van der Waals surface area contributed by atoms with Gasteiger partial charge < -0.3 is 19.9 Å². The third kappa shape index (κ3) is 5.23. The Bertz CT molecular complexity index is 449. The summed E-state index contributed by atoms with van der Waals surface area (Å²) in [7, 11) is 0. The monoisotopic (exact) mass is 297 g/mol. The van der Waals surface area contributed by atoms with Crippen LogP contribution in [0.3, 0.4) is 0 Å². The van der Waals surface area contributed by atoms with E-state index in [9.17, 15) is 14.7 Å². The fourth-order valence-electron chi connectivity index (χ4n) is 1.71. The predicted molar refractivity (Wildman–Crippen MR) is 77.0 cm³/mol. The number of esters is 2. The van der Waals surface area contributed by atoms with Gasteiger partial charge in [0.05, 0.1) is 0 Å². The summed E-state index contributed by atoms with van der Waals surface area (Å²) in [5.41, 5.74) is -0.781. The van der Waals surface area contributed by atoms with Crippen molar-refractivity contribution < 1.29 is 24.2 Å². The number of ether oxygens (including phenoxy) is 2. The lowest BCUT2D eigenvalue weighted by atomic mass is 10.1. The molecule has 0 fully saturated rings. The molecule has 2 atom stereocenters. The van der Waals surface area contributed by atoms with Gasteiger partial charge in [0, 0.05) is 6.42 Å². The van der Waals surface area contributed by atoms with E-state index in [1.807, 2.05) is 0 Å². The third-order valence-corrected chi connectivity index (χ3v) is 2.62. The Morgan fingerprint density at radius 2 is 1.90 bits per heavy atom. The van der Waals surface area contributed by atoms with Crippen molar-refractivity contribution in [2.45, 2.75) is 58.0 Å². The van der Waals surface area contributed by atoms with Crippen LogP contribution in [0.2, 0.25) is 0 Å². The molecule has 6 nitrogen and oxygen atoms in total. The molecule has 0 saturated heterocycles. The zero-order valence-electron chi connectivity index (χ0n) is 12.9. The summed E-state index contributed by atoms with van der Waals surface area (Å²) < 4.78 is 10.1. The zero-order valence-corrected chi connectivity index (χ0v) is 12.9. The Hall–Kier alpha value is -1.82. The summed E-state index contributed by atoms with van der Waals surface area (Å²) in [5.74, 6) is -3.96. The molecule has 0 radical (unpaired) electrons. The van der Waals surface area contributed by atoms with Crippen LogP contribution in [0, 0.1) is 0 Å². The van der Waals surface area contributed by atoms with Gasteiger partial charge in [-0.25, -0.2) is 9.59 Å². The Balaban J connectivity index is 2.79. The van der Waals surface area contributed by atoms with Gasteiger partial charge in [0.1, 0.15) is 11.6 Å². The summed E-state index contributed by atoms with van der Waals surface area (Å²) >= 11 is 0. The zero-order chi connectivity index (χ0) is 16.1. The molecule has 0 aromatic rings. The lowest BCUT2D eigenvalue weighted by molar-refractivity contribution is -0.236. The lowest BCUT2D eigenvalue weighted by Crippen LogP contribution is -2.50. The second-order valence-corrected chi connectivity index (χ2v) is 5.85. The Labute approximate surface area is 124 Å². The first-order valence-corrected chi connectivity index (χ1v) is 6.96. The number of dihydropyridines is 1. The van der Waals surface area contributed by atoms with Crippen LogP contribution in [-0.4, -0.2) is 34.5 Å². The van der Waals surface area contributed by atoms with E-state index in [0.29, 0.717) is 6.42 Å². The van der Waals surface area contributed by atoms with E-state index < -0.39 is 29.4 Å². The number of carbonyl (C=O) groups excluding carboxylic acids is 2. The molecule has 0 aromatic heterocycles. The number of hydrogen-bond donors (Lipinski definition) is 2. The second kappa shape index (κ2) is 6.76. The van der Waals surface area contributed by atoms with Crippen molar-refractivity contribution in [3.05, 3.63) is 24.4 Å². The van der Waals surface area contributed by atoms with Gasteiger partial charge in [-0.15, -0.1) is 0 Å². The van der Waals surface area contributed by atoms with Crippen molar-refractivity contribution in [2.24, 2.45) is 0 Å². The average Bonchev–Trinajstić information content (AvgIpc) is 2.38. The van der Waals surface area contributed by atoms with Crippen LogP contribution in [-0.2, 0) is 19.1 Å². The topological polar surface area (TPSA) is 84.9 Å². The summed E-state index contributed by atoms with van der Waals surface area (Å²) in [4.78, 5) is 24.1. The maximum atomic E-state index is 12.1. The molecule has 1 aliphatic rings. The highest BCUT2D eigenvalue weighted by molar-refractivity contribution is 5.85. The minimum atomic E-state index is -2.27. The molecule has 0 aliphatic carbocycles. The van der Waals surface area contributed by atoms with Crippen molar-refractivity contribution in [1.29, 1.82) is 0 Å². The summed E-state index contributed by atoms with van der Waals surface area (Å²) in [6.07, 6.45) is 6.98. The Morgan fingerprint density at radius 1 is 1.24 bits per heavy atom. The lowest BCUT2D eigenvalue weighted by Gasteiger charge is -2.30. The summed E-state index contributed by atoms with van der Waals surface area (Å²) in [5, 5.41) is 13.1. The maximum Gasteiger partial charge on any atom is 0.380 e. The van der Waals surface area contributed by atoms with Crippen LogP contribution in [0.25, 0.3) is 0 Å². The first kappa shape index (κ1) is 17.2.